The van der Waals surface area contributed by atoms with Crippen molar-refractivity contribution in [3.8, 4) is 5.75 Å². The quantitative estimate of drug-likeness (QED) is 0.935. The number of benzene rings is 1. The number of nitrogens with zero attached hydrogens (tertiary/aromatic N) is 1. The van der Waals surface area contributed by atoms with Crippen molar-refractivity contribution in [1.82, 2.24) is 10.3 Å². The number of aryl methyl sites for hydroxylation is 1. The first-order valence-electron chi connectivity index (χ1n) is 7.18. The largest absolute Gasteiger partial charge is 0.493 e. The first-order valence-corrected chi connectivity index (χ1v) is 8.06. The third-order valence-electron chi connectivity index (χ3n) is 3.71. The van der Waals surface area contributed by atoms with Crippen molar-refractivity contribution in [2.24, 2.45) is 0 Å². The molecule has 2 aromatic rings. The summed E-state index contributed by atoms with van der Waals surface area (Å²) in [7, 11) is 0. The maximum absolute atomic E-state index is 5.91. The first-order chi connectivity index (χ1) is 9.84. The Labute approximate surface area is 124 Å². The zero-order chi connectivity index (χ0) is 13.8. The fraction of sp³-hybridized carbons (Fsp3) is 0.438. The van der Waals surface area contributed by atoms with E-state index in [1.165, 1.54) is 16.1 Å². The van der Waals surface area contributed by atoms with E-state index in [1.807, 2.05) is 11.6 Å². The molecule has 0 amide bonds. The van der Waals surface area contributed by atoms with Gasteiger partial charge in [-0.1, -0.05) is 18.2 Å². The van der Waals surface area contributed by atoms with E-state index in [4.69, 9.17) is 4.74 Å². The van der Waals surface area contributed by atoms with Gasteiger partial charge in [-0.3, -0.25) is 0 Å². The third kappa shape index (κ3) is 3.02. The van der Waals surface area contributed by atoms with Gasteiger partial charge < -0.3 is 10.1 Å². The lowest BCUT2D eigenvalue weighted by Crippen LogP contribution is -2.23. The Morgan fingerprint density at radius 1 is 1.45 bits per heavy atom. The molecular weight excluding hydrogens is 268 g/mol. The molecule has 1 aromatic heterocycles. The molecule has 1 aromatic carbocycles. The number of ether oxygens (including phenoxy) is 1. The molecule has 1 atom stereocenters. The summed E-state index contributed by atoms with van der Waals surface area (Å²) in [5.41, 5.74) is 2.54. The van der Waals surface area contributed by atoms with Crippen LogP contribution in [0.25, 0.3) is 0 Å². The average Bonchev–Trinajstić information content (AvgIpc) is 2.87. The van der Waals surface area contributed by atoms with E-state index in [1.54, 1.807) is 11.3 Å². The Balaban J connectivity index is 1.68. The lowest BCUT2D eigenvalue weighted by atomic mass is 10.00. The van der Waals surface area contributed by atoms with Crippen LogP contribution >= 0.6 is 11.3 Å². The molecule has 20 heavy (non-hydrogen) atoms. The van der Waals surface area contributed by atoms with Crippen LogP contribution in [0.2, 0.25) is 0 Å². The molecule has 0 spiro atoms. The van der Waals surface area contributed by atoms with Crippen molar-refractivity contribution >= 4 is 11.3 Å². The van der Waals surface area contributed by atoms with Crippen LogP contribution in [0.15, 0.2) is 29.8 Å². The Morgan fingerprint density at radius 2 is 2.40 bits per heavy atom. The second-order valence-electron chi connectivity index (χ2n) is 5.17. The standard InChI is InChI=1S/C16H20N2OS/c1-12-4-2-5-13-14(6-3-10-19-16(12)13)17-8-7-15-18-9-11-20-15/h2,4-5,9,11,14,17H,3,6-8,10H2,1H3. The topological polar surface area (TPSA) is 34.1 Å². The van der Waals surface area contributed by atoms with Crippen LogP contribution in [0.1, 0.15) is 35.0 Å². The molecule has 0 fully saturated rings. The molecule has 2 heterocycles. The van der Waals surface area contributed by atoms with Gasteiger partial charge in [0.25, 0.3) is 0 Å². The summed E-state index contributed by atoms with van der Waals surface area (Å²) in [5.74, 6) is 1.08. The number of aromatic nitrogens is 1. The Kier molecular flexibility index (Phi) is 4.33. The molecule has 0 radical (unpaired) electrons. The minimum Gasteiger partial charge on any atom is -0.493 e. The van der Waals surface area contributed by atoms with Gasteiger partial charge in [0.05, 0.1) is 11.6 Å². The van der Waals surface area contributed by atoms with Gasteiger partial charge in [-0.05, 0) is 25.3 Å². The van der Waals surface area contributed by atoms with Crippen molar-refractivity contribution in [3.63, 3.8) is 0 Å². The highest BCUT2D eigenvalue weighted by atomic mass is 32.1. The lowest BCUT2D eigenvalue weighted by Gasteiger charge is -2.19. The van der Waals surface area contributed by atoms with Gasteiger partial charge in [0.1, 0.15) is 5.75 Å². The minimum absolute atomic E-state index is 0.396. The molecule has 3 rings (SSSR count). The number of hydrogen-bond donors (Lipinski definition) is 1. The van der Waals surface area contributed by atoms with Crippen LogP contribution < -0.4 is 10.1 Å². The van der Waals surface area contributed by atoms with E-state index in [0.29, 0.717) is 6.04 Å². The fourth-order valence-corrected chi connectivity index (χ4v) is 3.33. The van der Waals surface area contributed by atoms with Crippen molar-refractivity contribution in [2.75, 3.05) is 13.2 Å². The van der Waals surface area contributed by atoms with Crippen molar-refractivity contribution in [1.29, 1.82) is 0 Å². The molecule has 1 N–H and O–H groups in total. The first kappa shape index (κ1) is 13.6. The molecule has 4 heteroatoms. The molecule has 0 bridgehead atoms. The molecular formula is C16H20N2OS. The predicted molar refractivity (Wildman–Crippen MR) is 82.5 cm³/mol. The molecule has 0 saturated carbocycles. The van der Waals surface area contributed by atoms with Gasteiger partial charge in [-0.15, -0.1) is 11.3 Å². The number of rotatable bonds is 4. The lowest BCUT2D eigenvalue weighted by molar-refractivity contribution is 0.313. The molecule has 1 unspecified atom stereocenters. The average molecular weight is 288 g/mol. The van der Waals surface area contributed by atoms with E-state index in [-0.39, 0.29) is 0 Å². The van der Waals surface area contributed by atoms with Crippen molar-refractivity contribution in [2.45, 2.75) is 32.2 Å². The van der Waals surface area contributed by atoms with Crippen molar-refractivity contribution < 1.29 is 4.74 Å². The van der Waals surface area contributed by atoms with Crippen LogP contribution in [-0.4, -0.2) is 18.1 Å². The van der Waals surface area contributed by atoms with Gasteiger partial charge in [0.2, 0.25) is 0 Å². The number of nitrogens with one attached hydrogen (secondary N) is 1. The highest BCUT2D eigenvalue weighted by Gasteiger charge is 2.20. The Hall–Kier alpha value is -1.39. The number of para-hydroxylation sites is 1. The van der Waals surface area contributed by atoms with Crippen LogP contribution in [0, 0.1) is 6.92 Å². The molecule has 0 aliphatic carbocycles. The zero-order valence-corrected chi connectivity index (χ0v) is 12.6. The highest BCUT2D eigenvalue weighted by Crippen LogP contribution is 2.33. The number of thiazole rings is 1. The van der Waals surface area contributed by atoms with E-state index >= 15 is 0 Å². The van der Waals surface area contributed by atoms with E-state index in [0.717, 1.165) is 38.2 Å². The van der Waals surface area contributed by atoms with Crippen LogP contribution in [0.4, 0.5) is 0 Å². The SMILES string of the molecule is Cc1cccc2c1OCCCC2NCCc1nccs1. The molecule has 3 nitrogen and oxygen atoms in total. The maximum atomic E-state index is 5.91. The third-order valence-corrected chi connectivity index (χ3v) is 4.55. The number of hydrogen-bond acceptors (Lipinski definition) is 4. The highest BCUT2D eigenvalue weighted by molar-refractivity contribution is 7.09. The Morgan fingerprint density at radius 3 is 3.25 bits per heavy atom. The van der Waals surface area contributed by atoms with E-state index < -0.39 is 0 Å². The van der Waals surface area contributed by atoms with Gasteiger partial charge in [-0.2, -0.15) is 0 Å². The van der Waals surface area contributed by atoms with Crippen LogP contribution in [0.3, 0.4) is 0 Å². The maximum Gasteiger partial charge on any atom is 0.126 e. The van der Waals surface area contributed by atoms with E-state index in [9.17, 15) is 0 Å². The van der Waals surface area contributed by atoms with Gasteiger partial charge >= 0.3 is 0 Å². The fourth-order valence-electron chi connectivity index (χ4n) is 2.71. The summed E-state index contributed by atoms with van der Waals surface area (Å²) in [6.45, 7) is 3.91. The monoisotopic (exact) mass is 288 g/mol. The summed E-state index contributed by atoms with van der Waals surface area (Å²) in [4.78, 5) is 4.33. The molecule has 1 aliphatic rings. The summed E-state index contributed by atoms with van der Waals surface area (Å²) >= 11 is 1.73. The Bertz CT molecular complexity index is 554. The van der Waals surface area contributed by atoms with Crippen LogP contribution in [0.5, 0.6) is 5.75 Å². The van der Waals surface area contributed by atoms with Gasteiger partial charge in [0, 0.05) is 36.1 Å². The predicted octanol–water partition coefficient (Wildman–Crippen LogP) is 3.50. The summed E-state index contributed by atoms with van der Waals surface area (Å²) in [5, 5.41) is 6.91. The minimum atomic E-state index is 0.396. The second kappa shape index (κ2) is 6.37. The number of fused-ring (bicyclic) bond motifs is 1. The second-order valence-corrected chi connectivity index (χ2v) is 6.15. The van der Waals surface area contributed by atoms with Crippen molar-refractivity contribution in [3.05, 3.63) is 45.9 Å². The van der Waals surface area contributed by atoms with Crippen LogP contribution in [-0.2, 0) is 6.42 Å². The van der Waals surface area contributed by atoms with E-state index in [2.05, 4.69) is 35.4 Å². The normalized spacial score (nSPS) is 18.1. The van der Waals surface area contributed by atoms with Gasteiger partial charge in [0.15, 0.2) is 0 Å². The summed E-state index contributed by atoms with van der Waals surface area (Å²) < 4.78 is 5.91. The molecule has 106 valence electrons. The summed E-state index contributed by atoms with van der Waals surface area (Å²) in [6.07, 6.45) is 5.10. The van der Waals surface area contributed by atoms with Gasteiger partial charge in [-0.25, -0.2) is 4.98 Å². The molecule has 1 aliphatic heterocycles. The smallest absolute Gasteiger partial charge is 0.126 e. The zero-order valence-electron chi connectivity index (χ0n) is 11.8. The molecule has 0 saturated heterocycles. The summed E-state index contributed by atoms with van der Waals surface area (Å²) in [6, 6.07) is 6.83.